The Morgan fingerprint density at radius 1 is 0.929 bits per heavy atom. The number of esters is 1. The van der Waals surface area contributed by atoms with Crippen molar-refractivity contribution in [1.82, 2.24) is 0 Å². The normalized spacial score (nSPS) is 10.5. The SMILES string of the molecule is CCOC(=O)c1cccc(NC(=O)C=Cc2ccc(OCC)c(OCC)c2)c1. The molecule has 0 bridgehead atoms. The van der Waals surface area contributed by atoms with Gasteiger partial charge in [0.15, 0.2) is 11.5 Å². The lowest BCUT2D eigenvalue weighted by molar-refractivity contribution is -0.111. The van der Waals surface area contributed by atoms with E-state index in [4.69, 9.17) is 14.2 Å². The van der Waals surface area contributed by atoms with Crippen LogP contribution in [0.4, 0.5) is 5.69 Å². The number of rotatable bonds is 9. The summed E-state index contributed by atoms with van der Waals surface area (Å²) in [4.78, 5) is 24.0. The third-order valence-electron chi connectivity index (χ3n) is 3.64. The van der Waals surface area contributed by atoms with Crippen molar-refractivity contribution < 1.29 is 23.8 Å². The summed E-state index contributed by atoms with van der Waals surface area (Å²) in [5.74, 6) is 0.565. The summed E-state index contributed by atoms with van der Waals surface area (Å²) in [7, 11) is 0. The van der Waals surface area contributed by atoms with Crippen molar-refractivity contribution in [3.63, 3.8) is 0 Å². The van der Waals surface area contributed by atoms with Crippen molar-refractivity contribution in [1.29, 1.82) is 0 Å². The fraction of sp³-hybridized carbons (Fsp3) is 0.273. The van der Waals surface area contributed by atoms with Crippen molar-refractivity contribution in [3.8, 4) is 11.5 Å². The predicted octanol–water partition coefficient (Wildman–Crippen LogP) is 4.31. The minimum absolute atomic E-state index is 0.296. The lowest BCUT2D eigenvalue weighted by Gasteiger charge is -2.11. The van der Waals surface area contributed by atoms with E-state index < -0.39 is 5.97 Å². The molecule has 0 aliphatic carbocycles. The first-order chi connectivity index (χ1) is 13.6. The van der Waals surface area contributed by atoms with Crippen LogP contribution in [0.25, 0.3) is 6.08 Å². The molecular formula is C22H25NO5. The summed E-state index contributed by atoms with van der Waals surface area (Å²) in [5, 5.41) is 2.73. The standard InChI is InChI=1S/C22H25NO5/c1-4-26-19-12-10-16(14-20(19)27-5-2)11-13-21(24)23-18-9-7-8-17(15-18)22(25)28-6-3/h7-15H,4-6H2,1-3H3,(H,23,24). The van der Waals surface area contributed by atoms with Crippen molar-refractivity contribution in [2.24, 2.45) is 0 Å². The van der Waals surface area contributed by atoms with E-state index in [0.29, 0.717) is 42.6 Å². The Labute approximate surface area is 165 Å². The average Bonchev–Trinajstić information content (AvgIpc) is 2.69. The van der Waals surface area contributed by atoms with Crippen LogP contribution in [0, 0.1) is 0 Å². The molecule has 0 saturated carbocycles. The van der Waals surface area contributed by atoms with Gasteiger partial charge in [-0.3, -0.25) is 4.79 Å². The average molecular weight is 383 g/mol. The van der Waals surface area contributed by atoms with E-state index in [-0.39, 0.29) is 5.91 Å². The molecule has 1 N–H and O–H groups in total. The van der Waals surface area contributed by atoms with E-state index >= 15 is 0 Å². The molecule has 2 aromatic rings. The Morgan fingerprint density at radius 3 is 2.39 bits per heavy atom. The highest BCUT2D eigenvalue weighted by atomic mass is 16.5. The van der Waals surface area contributed by atoms with Gasteiger partial charge >= 0.3 is 5.97 Å². The zero-order chi connectivity index (χ0) is 20.4. The Hall–Kier alpha value is -3.28. The minimum Gasteiger partial charge on any atom is -0.490 e. The van der Waals surface area contributed by atoms with E-state index in [9.17, 15) is 9.59 Å². The molecular weight excluding hydrogens is 358 g/mol. The zero-order valence-electron chi connectivity index (χ0n) is 16.4. The third-order valence-corrected chi connectivity index (χ3v) is 3.64. The van der Waals surface area contributed by atoms with Gasteiger partial charge in [-0.15, -0.1) is 0 Å². The van der Waals surface area contributed by atoms with Crippen molar-refractivity contribution in [2.45, 2.75) is 20.8 Å². The largest absolute Gasteiger partial charge is 0.490 e. The quantitative estimate of drug-likeness (QED) is 0.516. The highest BCUT2D eigenvalue weighted by Gasteiger charge is 2.08. The summed E-state index contributed by atoms with van der Waals surface area (Å²) < 4.78 is 16.1. The molecule has 28 heavy (non-hydrogen) atoms. The number of nitrogens with one attached hydrogen (secondary N) is 1. The van der Waals surface area contributed by atoms with E-state index in [0.717, 1.165) is 5.56 Å². The lowest BCUT2D eigenvalue weighted by atomic mass is 10.1. The smallest absolute Gasteiger partial charge is 0.338 e. The number of ether oxygens (including phenoxy) is 3. The van der Waals surface area contributed by atoms with E-state index in [2.05, 4.69) is 5.32 Å². The second kappa shape index (κ2) is 10.8. The number of hydrogen-bond donors (Lipinski definition) is 1. The number of hydrogen-bond acceptors (Lipinski definition) is 5. The molecule has 0 saturated heterocycles. The van der Waals surface area contributed by atoms with Gasteiger partial charge in [0.1, 0.15) is 0 Å². The predicted molar refractivity (Wildman–Crippen MR) is 109 cm³/mol. The molecule has 2 aromatic carbocycles. The number of carbonyl (C=O) groups excluding carboxylic acids is 2. The number of benzene rings is 2. The van der Waals surface area contributed by atoms with Crippen LogP contribution in [-0.4, -0.2) is 31.7 Å². The minimum atomic E-state index is -0.424. The summed E-state index contributed by atoms with van der Waals surface area (Å²) in [6.07, 6.45) is 3.10. The maximum Gasteiger partial charge on any atom is 0.338 e. The summed E-state index contributed by atoms with van der Waals surface area (Å²) >= 11 is 0. The molecule has 148 valence electrons. The van der Waals surface area contributed by atoms with Gasteiger partial charge in [-0.2, -0.15) is 0 Å². The summed E-state index contributed by atoms with van der Waals surface area (Å²) in [6, 6.07) is 12.1. The van der Waals surface area contributed by atoms with E-state index in [1.54, 1.807) is 37.3 Å². The van der Waals surface area contributed by atoms with Gasteiger partial charge in [0.05, 0.1) is 25.4 Å². The van der Waals surface area contributed by atoms with Crippen LogP contribution in [0.2, 0.25) is 0 Å². The molecule has 0 atom stereocenters. The van der Waals surface area contributed by atoms with Gasteiger partial charge in [-0.25, -0.2) is 4.79 Å². The van der Waals surface area contributed by atoms with E-state index in [1.165, 1.54) is 6.08 Å². The molecule has 0 aliphatic heterocycles. The molecule has 2 rings (SSSR count). The van der Waals surface area contributed by atoms with Gasteiger partial charge in [-0.1, -0.05) is 12.1 Å². The Balaban J connectivity index is 2.06. The molecule has 6 heteroatoms. The first-order valence-corrected chi connectivity index (χ1v) is 9.23. The van der Waals surface area contributed by atoms with E-state index in [1.807, 2.05) is 32.0 Å². The topological polar surface area (TPSA) is 73.9 Å². The maximum atomic E-state index is 12.2. The molecule has 6 nitrogen and oxygen atoms in total. The fourth-order valence-electron chi connectivity index (χ4n) is 2.47. The van der Waals surface area contributed by atoms with Crippen LogP contribution in [-0.2, 0) is 9.53 Å². The number of amides is 1. The third kappa shape index (κ3) is 6.16. The first kappa shape index (κ1) is 21.0. The molecule has 1 amide bonds. The lowest BCUT2D eigenvalue weighted by Crippen LogP contribution is -2.09. The van der Waals surface area contributed by atoms with Crippen molar-refractivity contribution in [3.05, 3.63) is 59.7 Å². The maximum absolute atomic E-state index is 12.2. The Morgan fingerprint density at radius 2 is 1.68 bits per heavy atom. The van der Waals surface area contributed by atoms with Crippen LogP contribution in [0.1, 0.15) is 36.7 Å². The molecule has 0 heterocycles. The van der Waals surface area contributed by atoms with Crippen molar-refractivity contribution >= 4 is 23.6 Å². The molecule has 0 spiro atoms. The molecule has 0 radical (unpaired) electrons. The van der Waals surface area contributed by atoms with Gasteiger partial charge in [0.25, 0.3) is 0 Å². The Kier molecular flexibility index (Phi) is 8.09. The second-order valence-corrected chi connectivity index (χ2v) is 5.70. The van der Waals surface area contributed by atoms with Gasteiger partial charge < -0.3 is 19.5 Å². The van der Waals surface area contributed by atoms with Crippen LogP contribution in [0.3, 0.4) is 0 Å². The Bertz CT molecular complexity index is 845. The van der Waals surface area contributed by atoms with Gasteiger partial charge in [-0.05, 0) is 62.7 Å². The molecule has 0 aliphatic rings. The van der Waals surface area contributed by atoms with Crippen LogP contribution in [0.5, 0.6) is 11.5 Å². The number of carbonyl (C=O) groups is 2. The van der Waals surface area contributed by atoms with Gasteiger partial charge in [0.2, 0.25) is 5.91 Å². The number of anilines is 1. The monoisotopic (exact) mass is 383 g/mol. The first-order valence-electron chi connectivity index (χ1n) is 9.23. The van der Waals surface area contributed by atoms with Crippen LogP contribution in [0.15, 0.2) is 48.5 Å². The summed E-state index contributed by atoms with van der Waals surface area (Å²) in [6.45, 7) is 6.91. The van der Waals surface area contributed by atoms with Crippen molar-refractivity contribution in [2.75, 3.05) is 25.1 Å². The van der Waals surface area contributed by atoms with Crippen LogP contribution >= 0.6 is 0 Å². The zero-order valence-corrected chi connectivity index (χ0v) is 16.4. The van der Waals surface area contributed by atoms with Gasteiger partial charge in [0, 0.05) is 11.8 Å². The molecule has 0 aromatic heterocycles. The fourth-order valence-corrected chi connectivity index (χ4v) is 2.47. The molecule has 0 unspecified atom stereocenters. The molecule has 0 fully saturated rings. The second-order valence-electron chi connectivity index (χ2n) is 5.70. The van der Waals surface area contributed by atoms with Crippen LogP contribution < -0.4 is 14.8 Å². The summed E-state index contributed by atoms with van der Waals surface area (Å²) in [5.41, 5.74) is 1.71. The highest BCUT2D eigenvalue weighted by Crippen LogP contribution is 2.29. The highest BCUT2D eigenvalue weighted by molar-refractivity contribution is 6.02.